The van der Waals surface area contributed by atoms with Crippen LogP contribution in [0, 0.1) is 0 Å². The fourth-order valence-electron chi connectivity index (χ4n) is 3.14. The highest BCUT2D eigenvalue weighted by molar-refractivity contribution is 7.22. The molecular formula is C18H28N4S. The summed E-state index contributed by atoms with van der Waals surface area (Å²) in [7, 11) is 4.31. The summed E-state index contributed by atoms with van der Waals surface area (Å²) in [4.78, 5) is 12.2. The van der Waals surface area contributed by atoms with Crippen molar-refractivity contribution in [3.05, 3.63) is 24.3 Å². The van der Waals surface area contributed by atoms with Gasteiger partial charge >= 0.3 is 0 Å². The van der Waals surface area contributed by atoms with Crippen molar-refractivity contribution in [1.82, 2.24) is 14.8 Å². The zero-order valence-corrected chi connectivity index (χ0v) is 15.2. The molecule has 0 N–H and O–H groups in total. The minimum atomic E-state index is 1.10. The number of unbranched alkanes of at least 4 members (excludes halogenated alkanes) is 1. The summed E-state index contributed by atoms with van der Waals surface area (Å²) < 4.78 is 1.30. The predicted octanol–water partition coefficient (Wildman–Crippen LogP) is 3.15. The highest BCUT2D eigenvalue weighted by Crippen LogP contribution is 2.29. The number of para-hydroxylation sites is 1. The van der Waals surface area contributed by atoms with Crippen molar-refractivity contribution in [3.63, 3.8) is 0 Å². The quantitative estimate of drug-likeness (QED) is 0.758. The van der Waals surface area contributed by atoms with Crippen molar-refractivity contribution in [2.45, 2.75) is 19.3 Å². The summed E-state index contributed by atoms with van der Waals surface area (Å²) >= 11 is 1.83. The smallest absolute Gasteiger partial charge is 0.186 e. The molecule has 0 spiro atoms. The van der Waals surface area contributed by atoms with Crippen LogP contribution in [0.4, 0.5) is 5.13 Å². The molecule has 3 rings (SSSR count). The molecule has 2 heterocycles. The van der Waals surface area contributed by atoms with Gasteiger partial charge in [0.15, 0.2) is 5.13 Å². The molecule has 1 aliphatic heterocycles. The Morgan fingerprint density at radius 3 is 2.78 bits per heavy atom. The summed E-state index contributed by atoms with van der Waals surface area (Å²) in [6.45, 7) is 7.07. The second-order valence-electron chi connectivity index (χ2n) is 6.66. The largest absolute Gasteiger partial charge is 0.347 e. The molecule has 2 aromatic rings. The van der Waals surface area contributed by atoms with Gasteiger partial charge in [-0.2, -0.15) is 0 Å². The average molecular weight is 333 g/mol. The first-order chi connectivity index (χ1) is 11.2. The van der Waals surface area contributed by atoms with Gasteiger partial charge in [-0.3, -0.25) is 0 Å². The van der Waals surface area contributed by atoms with Gasteiger partial charge in [0.1, 0.15) is 0 Å². The molecule has 1 aromatic carbocycles. The van der Waals surface area contributed by atoms with Crippen LogP contribution in [0.15, 0.2) is 24.3 Å². The lowest BCUT2D eigenvalue weighted by atomic mass is 10.2. The van der Waals surface area contributed by atoms with Crippen molar-refractivity contribution in [2.24, 2.45) is 0 Å². The van der Waals surface area contributed by atoms with E-state index in [4.69, 9.17) is 4.98 Å². The monoisotopic (exact) mass is 332 g/mol. The zero-order valence-electron chi connectivity index (χ0n) is 14.4. The second-order valence-corrected chi connectivity index (χ2v) is 7.67. The number of benzene rings is 1. The summed E-state index contributed by atoms with van der Waals surface area (Å²) in [5, 5.41) is 1.20. The third kappa shape index (κ3) is 4.66. The van der Waals surface area contributed by atoms with Gasteiger partial charge in [-0.1, -0.05) is 23.5 Å². The highest BCUT2D eigenvalue weighted by atomic mass is 32.1. The molecule has 0 aliphatic carbocycles. The predicted molar refractivity (Wildman–Crippen MR) is 101 cm³/mol. The number of aromatic nitrogens is 1. The van der Waals surface area contributed by atoms with Crippen molar-refractivity contribution in [3.8, 4) is 0 Å². The van der Waals surface area contributed by atoms with Crippen LogP contribution in [-0.4, -0.2) is 68.1 Å². The Hall–Kier alpha value is -1.17. The van der Waals surface area contributed by atoms with Gasteiger partial charge in [0.2, 0.25) is 0 Å². The molecule has 0 atom stereocenters. The second kappa shape index (κ2) is 8.08. The van der Waals surface area contributed by atoms with Crippen molar-refractivity contribution >= 4 is 26.7 Å². The van der Waals surface area contributed by atoms with Gasteiger partial charge in [-0.05, 0) is 65.1 Å². The van der Waals surface area contributed by atoms with Gasteiger partial charge in [0.25, 0.3) is 0 Å². The number of thiazole rings is 1. The van der Waals surface area contributed by atoms with Crippen LogP contribution in [-0.2, 0) is 0 Å². The zero-order chi connectivity index (χ0) is 16.1. The Kier molecular flexibility index (Phi) is 5.86. The van der Waals surface area contributed by atoms with E-state index in [-0.39, 0.29) is 0 Å². The Morgan fingerprint density at radius 2 is 1.96 bits per heavy atom. The van der Waals surface area contributed by atoms with E-state index < -0.39 is 0 Å². The van der Waals surface area contributed by atoms with E-state index in [2.05, 4.69) is 53.1 Å². The lowest BCUT2D eigenvalue weighted by Crippen LogP contribution is -2.31. The maximum absolute atomic E-state index is 4.82. The maximum atomic E-state index is 4.82. The SMILES string of the molecule is CN(C)CCCCN1CCCN(c2nc3ccccc3s2)CC1. The standard InChI is InChI=1S/C18H28N4S/c1-20(2)10-5-6-11-21-12-7-13-22(15-14-21)18-19-16-8-3-4-9-17(16)23-18/h3-4,8-9H,5-7,10-15H2,1-2H3. The minimum Gasteiger partial charge on any atom is -0.347 e. The van der Waals surface area contributed by atoms with Crippen molar-refractivity contribution < 1.29 is 0 Å². The molecule has 4 nitrogen and oxygen atoms in total. The fourth-order valence-corrected chi connectivity index (χ4v) is 4.16. The summed E-state index contributed by atoms with van der Waals surface area (Å²) in [5.41, 5.74) is 1.14. The van der Waals surface area contributed by atoms with Crippen LogP contribution in [0.2, 0.25) is 0 Å². The molecule has 1 saturated heterocycles. The van der Waals surface area contributed by atoms with Crippen LogP contribution in [0.5, 0.6) is 0 Å². The summed E-state index contributed by atoms with van der Waals surface area (Å²) in [6.07, 6.45) is 3.84. The fraction of sp³-hybridized carbons (Fsp3) is 0.611. The van der Waals surface area contributed by atoms with E-state index in [1.807, 2.05) is 11.3 Å². The average Bonchev–Trinajstić information content (AvgIpc) is 2.83. The first kappa shape index (κ1) is 16.7. The van der Waals surface area contributed by atoms with Crippen molar-refractivity contribution in [1.29, 1.82) is 0 Å². The van der Waals surface area contributed by atoms with Gasteiger partial charge < -0.3 is 14.7 Å². The van der Waals surface area contributed by atoms with E-state index in [0.29, 0.717) is 0 Å². The Bertz CT molecular complexity index is 577. The number of nitrogens with zero attached hydrogens (tertiary/aromatic N) is 4. The van der Waals surface area contributed by atoms with E-state index in [1.54, 1.807) is 0 Å². The van der Waals surface area contributed by atoms with E-state index >= 15 is 0 Å². The first-order valence-electron chi connectivity index (χ1n) is 8.70. The number of rotatable bonds is 6. The van der Waals surface area contributed by atoms with Crippen LogP contribution in [0.25, 0.3) is 10.2 Å². The summed E-state index contributed by atoms with van der Waals surface area (Å²) in [5.74, 6) is 0. The molecule has 0 unspecified atom stereocenters. The van der Waals surface area contributed by atoms with E-state index in [0.717, 1.165) is 25.2 Å². The number of anilines is 1. The number of hydrogen-bond acceptors (Lipinski definition) is 5. The molecule has 1 aromatic heterocycles. The molecule has 5 heteroatoms. The Morgan fingerprint density at radius 1 is 1.09 bits per heavy atom. The van der Waals surface area contributed by atoms with Crippen LogP contribution in [0.1, 0.15) is 19.3 Å². The van der Waals surface area contributed by atoms with Crippen LogP contribution in [0.3, 0.4) is 0 Å². The molecule has 1 fully saturated rings. The van der Waals surface area contributed by atoms with E-state index in [9.17, 15) is 0 Å². The third-order valence-electron chi connectivity index (χ3n) is 4.47. The molecule has 0 amide bonds. The van der Waals surface area contributed by atoms with Crippen molar-refractivity contribution in [2.75, 3.05) is 58.3 Å². The lowest BCUT2D eigenvalue weighted by Gasteiger charge is -2.21. The summed E-state index contributed by atoms with van der Waals surface area (Å²) in [6, 6.07) is 8.46. The number of hydrogen-bond donors (Lipinski definition) is 0. The van der Waals surface area contributed by atoms with Gasteiger partial charge in [-0.25, -0.2) is 4.98 Å². The third-order valence-corrected chi connectivity index (χ3v) is 5.57. The van der Waals surface area contributed by atoms with E-state index in [1.165, 1.54) is 48.7 Å². The van der Waals surface area contributed by atoms with Gasteiger partial charge in [0.05, 0.1) is 10.2 Å². The molecule has 23 heavy (non-hydrogen) atoms. The van der Waals surface area contributed by atoms with Gasteiger partial charge in [0, 0.05) is 19.6 Å². The highest BCUT2D eigenvalue weighted by Gasteiger charge is 2.17. The normalized spacial score (nSPS) is 17.1. The molecule has 1 aliphatic rings. The first-order valence-corrected chi connectivity index (χ1v) is 9.51. The van der Waals surface area contributed by atoms with Gasteiger partial charge in [-0.15, -0.1) is 0 Å². The topological polar surface area (TPSA) is 22.6 Å². The molecular weight excluding hydrogens is 304 g/mol. The van der Waals surface area contributed by atoms with Crippen LogP contribution < -0.4 is 4.90 Å². The molecule has 0 radical (unpaired) electrons. The Labute approximate surface area is 143 Å². The van der Waals surface area contributed by atoms with Crippen LogP contribution >= 0.6 is 11.3 Å². The molecule has 126 valence electrons. The number of fused-ring (bicyclic) bond motifs is 1. The Balaban J connectivity index is 1.52. The lowest BCUT2D eigenvalue weighted by molar-refractivity contribution is 0.279. The minimum absolute atomic E-state index is 1.10. The molecule has 0 saturated carbocycles. The maximum Gasteiger partial charge on any atom is 0.186 e. The molecule has 0 bridgehead atoms.